The second kappa shape index (κ2) is 7.68. The SMILES string of the molecule is CCC=CCP(Br)(c1ccccc1)(c1ccccc1)c1ccccc1. The summed E-state index contributed by atoms with van der Waals surface area (Å²) in [5.41, 5.74) is 0. The van der Waals surface area contributed by atoms with Crippen molar-refractivity contribution in [2.45, 2.75) is 13.3 Å². The molecule has 0 saturated carbocycles. The summed E-state index contributed by atoms with van der Waals surface area (Å²) in [7, 11) is 0. The van der Waals surface area contributed by atoms with Gasteiger partial charge in [-0.15, -0.1) is 0 Å². The number of hydrogen-bond donors (Lipinski definition) is 0. The van der Waals surface area contributed by atoms with Crippen LogP contribution in [0.1, 0.15) is 13.3 Å². The topological polar surface area (TPSA) is 0 Å². The molecule has 0 unspecified atom stereocenters. The van der Waals surface area contributed by atoms with E-state index in [1.165, 1.54) is 15.9 Å². The third-order valence-electron chi connectivity index (χ3n) is 4.73. The standard InChI is InChI=1S/C23H24BrP/c1-2-3-13-20-25(24,21-14-7-4-8-15-21,22-16-9-5-10-17-22)23-18-11-6-12-19-23/h3-19H,2,20H2,1H3. The van der Waals surface area contributed by atoms with Crippen LogP contribution in [0.15, 0.2) is 103 Å². The van der Waals surface area contributed by atoms with Gasteiger partial charge in [-0.2, -0.15) is 0 Å². The molecule has 0 fully saturated rings. The Hall–Kier alpha value is -1.69. The van der Waals surface area contributed by atoms with E-state index in [-0.39, 0.29) is 0 Å². The van der Waals surface area contributed by atoms with Gasteiger partial charge in [0.15, 0.2) is 0 Å². The van der Waals surface area contributed by atoms with Crippen molar-refractivity contribution < 1.29 is 0 Å². The monoisotopic (exact) mass is 410 g/mol. The fourth-order valence-corrected chi connectivity index (χ4v) is 10.5. The predicted octanol–water partition coefficient (Wildman–Crippen LogP) is 5.79. The normalized spacial score (nSPS) is 13.4. The van der Waals surface area contributed by atoms with Crippen LogP contribution in [-0.2, 0) is 0 Å². The molecule has 0 amide bonds. The van der Waals surface area contributed by atoms with Crippen molar-refractivity contribution in [3.05, 3.63) is 103 Å². The Morgan fingerprint density at radius 3 is 1.32 bits per heavy atom. The molecular formula is C23H24BrP. The third-order valence-corrected chi connectivity index (χ3v) is 14.3. The Morgan fingerprint density at radius 2 is 1.00 bits per heavy atom. The first-order chi connectivity index (χ1) is 12.2. The molecule has 0 aliphatic carbocycles. The molecule has 0 aromatic heterocycles. The van der Waals surface area contributed by atoms with Gasteiger partial charge >= 0.3 is 159 Å². The van der Waals surface area contributed by atoms with E-state index < -0.39 is 5.31 Å². The number of allylic oxidation sites excluding steroid dienone is 2. The van der Waals surface area contributed by atoms with Gasteiger partial charge in [-0.3, -0.25) is 0 Å². The Bertz CT molecular complexity index is 726. The van der Waals surface area contributed by atoms with Crippen LogP contribution in [0.25, 0.3) is 0 Å². The molecule has 3 aromatic carbocycles. The van der Waals surface area contributed by atoms with E-state index >= 15 is 0 Å². The zero-order chi connectivity index (χ0) is 17.6. The fourth-order valence-electron chi connectivity index (χ4n) is 3.42. The van der Waals surface area contributed by atoms with E-state index in [2.05, 4.69) is 126 Å². The molecule has 0 heterocycles. The fraction of sp³-hybridized carbons (Fsp3) is 0.130. The summed E-state index contributed by atoms with van der Waals surface area (Å²) in [6, 6.07) is 32.8. The zero-order valence-electron chi connectivity index (χ0n) is 14.6. The van der Waals surface area contributed by atoms with Crippen LogP contribution in [0, 0.1) is 0 Å². The Balaban J connectivity index is 2.38. The zero-order valence-corrected chi connectivity index (χ0v) is 17.0. The van der Waals surface area contributed by atoms with Gasteiger partial charge in [0.05, 0.1) is 0 Å². The van der Waals surface area contributed by atoms with E-state index in [9.17, 15) is 0 Å². The minimum atomic E-state index is -2.74. The summed E-state index contributed by atoms with van der Waals surface area (Å²) >= 11 is 4.43. The summed E-state index contributed by atoms with van der Waals surface area (Å²) in [6.07, 6.45) is 6.65. The molecule has 0 bridgehead atoms. The van der Waals surface area contributed by atoms with Crippen LogP contribution in [0.3, 0.4) is 0 Å². The molecule has 0 N–H and O–H groups in total. The second-order valence-corrected chi connectivity index (χ2v) is 15.2. The maximum atomic E-state index is 4.43. The van der Waals surface area contributed by atoms with Crippen LogP contribution in [0.2, 0.25) is 0 Å². The van der Waals surface area contributed by atoms with Crippen molar-refractivity contribution in [3.8, 4) is 0 Å². The first-order valence-electron chi connectivity index (χ1n) is 8.75. The van der Waals surface area contributed by atoms with Gasteiger partial charge < -0.3 is 0 Å². The van der Waals surface area contributed by atoms with Gasteiger partial charge in [0.2, 0.25) is 0 Å². The number of hydrogen-bond acceptors (Lipinski definition) is 0. The molecular weight excluding hydrogens is 387 g/mol. The van der Waals surface area contributed by atoms with Gasteiger partial charge in [0.25, 0.3) is 0 Å². The van der Waals surface area contributed by atoms with E-state index in [0.717, 1.165) is 12.6 Å². The van der Waals surface area contributed by atoms with Crippen molar-refractivity contribution in [1.82, 2.24) is 0 Å². The maximum absolute atomic E-state index is 4.43. The summed E-state index contributed by atoms with van der Waals surface area (Å²) in [5.74, 6) is 0. The molecule has 0 spiro atoms. The quantitative estimate of drug-likeness (QED) is 0.356. The first-order valence-corrected chi connectivity index (χ1v) is 13.2. The second-order valence-electron chi connectivity index (χ2n) is 6.25. The van der Waals surface area contributed by atoms with E-state index in [4.69, 9.17) is 0 Å². The molecule has 3 aromatic rings. The molecule has 0 saturated heterocycles. The van der Waals surface area contributed by atoms with Crippen LogP contribution in [-0.4, -0.2) is 6.16 Å². The molecule has 0 nitrogen and oxygen atoms in total. The van der Waals surface area contributed by atoms with Gasteiger partial charge in [0, 0.05) is 0 Å². The Labute approximate surface area is 159 Å². The third kappa shape index (κ3) is 3.24. The molecule has 0 aliphatic rings. The van der Waals surface area contributed by atoms with Crippen LogP contribution in [0.5, 0.6) is 0 Å². The van der Waals surface area contributed by atoms with Crippen LogP contribution in [0.4, 0.5) is 0 Å². The van der Waals surface area contributed by atoms with Crippen molar-refractivity contribution in [1.29, 1.82) is 0 Å². The number of halogens is 1. The minimum absolute atomic E-state index is 0.970. The van der Waals surface area contributed by atoms with Crippen molar-refractivity contribution in [2.75, 3.05) is 6.16 Å². The Morgan fingerprint density at radius 1 is 0.640 bits per heavy atom. The van der Waals surface area contributed by atoms with E-state index in [1.807, 2.05) is 0 Å². The predicted molar refractivity (Wildman–Crippen MR) is 118 cm³/mol. The van der Waals surface area contributed by atoms with Crippen molar-refractivity contribution in [3.63, 3.8) is 0 Å². The molecule has 128 valence electrons. The molecule has 25 heavy (non-hydrogen) atoms. The summed E-state index contributed by atoms with van der Waals surface area (Å²) in [5, 5.41) is 1.36. The average molecular weight is 411 g/mol. The van der Waals surface area contributed by atoms with Gasteiger partial charge in [-0.05, 0) is 0 Å². The first kappa shape index (κ1) is 18.1. The number of rotatable bonds is 6. The molecule has 0 aliphatic heterocycles. The van der Waals surface area contributed by atoms with Gasteiger partial charge in [-0.1, -0.05) is 0 Å². The average Bonchev–Trinajstić information content (AvgIpc) is 2.70. The van der Waals surface area contributed by atoms with E-state index in [1.54, 1.807) is 0 Å². The van der Waals surface area contributed by atoms with Gasteiger partial charge in [0.1, 0.15) is 0 Å². The van der Waals surface area contributed by atoms with Crippen molar-refractivity contribution in [2.24, 2.45) is 0 Å². The van der Waals surface area contributed by atoms with Gasteiger partial charge in [-0.25, -0.2) is 0 Å². The molecule has 0 atom stereocenters. The molecule has 3 rings (SSSR count). The molecule has 2 heteroatoms. The van der Waals surface area contributed by atoms with Crippen molar-refractivity contribution >= 4 is 36.7 Å². The van der Waals surface area contributed by atoms with Crippen LogP contribution >= 0.6 is 20.8 Å². The number of benzene rings is 3. The molecule has 0 radical (unpaired) electrons. The summed E-state index contributed by atoms with van der Waals surface area (Å²) in [4.78, 5) is 0. The Kier molecular flexibility index (Phi) is 5.57. The summed E-state index contributed by atoms with van der Waals surface area (Å²) < 4.78 is 0. The van der Waals surface area contributed by atoms with E-state index in [0.29, 0.717) is 0 Å². The summed E-state index contributed by atoms with van der Waals surface area (Å²) in [6.45, 7) is 2.19. The van der Waals surface area contributed by atoms with Crippen LogP contribution < -0.4 is 15.9 Å².